The van der Waals surface area contributed by atoms with E-state index in [2.05, 4.69) is 16.1 Å². The van der Waals surface area contributed by atoms with Gasteiger partial charge >= 0.3 is 0 Å². The van der Waals surface area contributed by atoms with Crippen LogP contribution in [-0.2, 0) is 4.79 Å². The zero-order valence-electron chi connectivity index (χ0n) is 16.4. The molecular formula is C22H29N3O3. The Kier molecular flexibility index (Phi) is 7.32. The molecule has 2 aliphatic rings. The summed E-state index contributed by atoms with van der Waals surface area (Å²) in [5.41, 5.74) is 0.663. The Balaban J connectivity index is 1.54. The van der Waals surface area contributed by atoms with Gasteiger partial charge in [0.2, 0.25) is 5.91 Å². The van der Waals surface area contributed by atoms with Gasteiger partial charge in [0.25, 0.3) is 5.91 Å². The number of terminal acetylenes is 1. The zero-order chi connectivity index (χ0) is 19.8. The van der Waals surface area contributed by atoms with Gasteiger partial charge in [-0.1, -0.05) is 12.0 Å². The van der Waals surface area contributed by atoms with Crippen molar-refractivity contribution in [2.75, 3.05) is 39.3 Å². The number of hydrogen-bond acceptors (Lipinski definition) is 4. The number of hydrogen-bond donors (Lipinski definition) is 1. The molecule has 1 saturated heterocycles. The summed E-state index contributed by atoms with van der Waals surface area (Å²) < 4.78 is 6.03. The lowest BCUT2D eigenvalue weighted by Gasteiger charge is -2.22. The molecule has 2 amide bonds. The average Bonchev–Trinajstić information content (AvgIpc) is 3.10. The van der Waals surface area contributed by atoms with E-state index in [9.17, 15) is 9.59 Å². The van der Waals surface area contributed by atoms with Gasteiger partial charge in [-0.25, -0.2) is 0 Å². The molecule has 150 valence electrons. The molecule has 1 aliphatic heterocycles. The van der Waals surface area contributed by atoms with Crippen LogP contribution in [0.4, 0.5) is 0 Å². The lowest BCUT2D eigenvalue weighted by molar-refractivity contribution is -0.121. The third kappa shape index (κ3) is 5.74. The van der Waals surface area contributed by atoms with E-state index in [1.807, 2.05) is 29.2 Å². The fourth-order valence-electron chi connectivity index (χ4n) is 3.82. The van der Waals surface area contributed by atoms with Gasteiger partial charge in [0.15, 0.2) is 0 Å². The molecule has 1 aromatic rings. The molecule has 0 spiro atoms. The van der Waals surface area contributed by atoms with Crippen LogP contribution in [0.5, 0.6) is 5.75 Å². The number of amides is 2. The van der Waals surface area contributed by atoms with Crippen LogP contribution in [0.1, 0.15) is 42.5 Å². The van der Waals surface area contributed by atoms with Crippen LogP contribution in [0, 0.1) is 12.3 Å². The van der Waals surface area contributed by atoms with Crippen molar-refractivity contribution in [2.45, 2.75) is 38.2 Å². The van der Waals surface area contributed by atoms with Crippen LogP contribution < -0.4 is 10.1 Å². The van der Waals surface area contributed by atoms with Gasteiger partial charge < -0.3 is 15.0 Å². The van der Waals surface area contributed by atoms with Crippen LogP contribution in [0.3, 0.4) is 0 Å². The summed E-state index contributed by atoms with van der Waals surface area (Å²) >= 11 is 0. The number of benzene rings is 1. The number of ether oxygens (including phenoxy) is 1. The van der Waals surface area contributed by atoms with Crippen LogP contribution in [-0.4, -0.2) is 67.0 Å². The molecular weight excluding hydrogens is 354 g/mol. The zero-order valence-corrected chi connectivity index (χ0v) is 16.4. The summed E-state index contributed by atoms with van der Waals surface area (Å²) in [7, 11) is 0. The second-order valence-electron chi connectivity index (χ2n) is 7.45. The van der Waals surface area contributed by atoms with Gasteiger partial charge in [-0.2, -0.15) is 0 Å². The first-order valence-corrected chi connectivity index (χ1v) is 10.1. The molecule has 6 nitrogen and oxygen atoms in total. The van der Waals surface area contributed by atoms with Gasteiger partial charge in [-0.15, -0.1) is 6.42 Å². The van der Waals surface area contributed by atoms with Gasteiger partial charge in [0, 0.05) is 31.7 Å². The first-order chi connectivity index (χ1) is 13.7. The first kappa shape index (κ1) is 20.2. The Bertz CT molecular complexity index is 722. The summed E-state index contributed by atoms with van der Waals surface area (Å²) in [6.07, 6.45) is 10.9. The molecule has 6 heteroatoms. The minimum Gasteiger partial charge on any atom is -0.490 e. The highest BCUT2D eigenvalue weighted by Crippen LogP contribution is 2.25. The van der Waals surface area contributed by atoms with Crippen molar-refractivity contribution in [2.24, 2.45) is 0 Å². The fourth-order valence-corrected chi connectivity index (χ4v) is 3.82. The summed E-state index contributed by atoms with van der Waals surface area (Å²) in [4.78, 5) is 28.8. The monoisotopic (exact) mass is 383 g/mol. The van der Waals surface area contributed by atoms with Crippen LogP contribution in [0.2, 0.25) is 0 Å². The number of carbonyl (C=O) groups is 2. The number of rotatable bonds is 6. The summed E-state index contributed by atoms with van der Waals surface area (Å²) in [6.45, 7) is 3.32. The predicted octanol–water partition coefficient (Wildman–Crippen LogP) is 1.91. The largest absolute Gasteiger partial charge is 0.490 e. The molecule has 1 heterocycles. The lowest BCUT2D eigenvalue weighted by atomic mass is 10.1. The smallest absolute Gasteiger partial charge is 0.254 e. The quantitative estimate of drug-likeness (QED) is 0.763. The highest BCUT2D eigenvalue weighted by Gasteiger charge is 2.22. The second-order valence-corrected chi connectivity index (χ2v) is 7.45. The molecule has 0 radical (unpaired) electrons. The predicted molar refractivity (Wildman–Crippen MR) is 108 cm³/mol. The highest BCUT2D eigenvalue weighted by molar-refractivity contribution is 5.94. The molecule has 1 N–H and O–H groups in total. The van der Waals surface area contributed by atoms with E-state index in [4.69, 9.17) is 11.2 Å². The Morgan fingerprint density at radius 2 is 1.96 bits per heavy atom. The first-order valence-electron chi connectivity index (χ1n) is 10.1. The van der Waals surface area contributed by atoms with Crippen molar-refractivity contribution in [3.8, 4) is 18.1 Å². The number of nitrogens with zero attached hydrogens (tertiary/aromatic N) is 2. The van der Waals surface area contributed by atoms with Crippen molar-refractivity contribution < 1.29 is 14.3 Å². The second kappa shape index (κ2) is 10.1. The van der Waals surface area contributed by atoms with Crippen LogP contribution >= 0.6 is 0 Å². The molecule has 0 unspecified atom stereocenters. The Hall–Kier alpha value is -2.52. The van der Waals surface area contributed by atoms with E-state index >= 15 is 0 Å². The van der Waals surface area contributed by atoms with E-state index in [1.165, 1.54) is 12.8 Å². The summed E-state index contributed by atoms with van der Waals surface area (Å²) in [6, 6.07) is 7.52. The molecule has 1 aliphatic carbocycles. The van der Waals surface area contributed by atoms with E-state index in [-0.39, 0.29) is 24.5 Å². The molecule has 1 saturated carbocycles. The molecule has 2 fully saturated rings. The van der Waals surface area contributed by atoms with Crippen LogP contribution in [0.15, 0.2) is 24.3 Å². The minimum atomic E-state index is -0.0745. The SMILES string of the molecule is C#CCNC(=O)CN1CCCN(C(=O)c2cccc(OC3CCCC3)c2)CC1. The van der Waals surface area contributed by atoms with Crippen molar-refractivity contribution >= 4 is 11.8 Å². The number of carbonyl (C=O) groups excluding carboxylic acids is 2. The highest BCUT2D eigenvalue weighted by atomic mass is 16.5. The average molecular weight is 383 g/mol. The van der Waals surface area contributed by atoms with Crippen molar-refractivity contribution in [3.05, 3.63) is 29.8 Å². The van der Waals surface area contributed by atoms with E-state index in [0.29, 0.717) is 31.7 Å². The third-order valence-corrected chi connectivity index (χ3v) is 5.32. The Morgan fingerprint density at radius 3 is 2.75 bits per heavy atom. The van der Waals surface area contributed by atoms with E-state index in [1.54, 1.807) is 0 Å². The van der Waals surface area contributed by atoms with E-state index in [0.717, 1.165) is 31.6 Å². The third-order valence-electron chi connectivity index (χ3n) is 5.32. The normalized spacial score (nSPS) is 18.3. The van der Waals surface area contributed by atoms with Crippen molar-refractivity contribution in [1.29, 1.82) is 0 Å². The summed E-state index contributed by atoms with van der Waals surface area (Å²) in [5.74, 6) is 3.13. The standard InChI is InChI=1S/C22H29N3O3/c1-2-11-23-21(26)17-24-12-6-13-25(15-14-24)22(27)18-7-5-10-20(16-18)28-19-8-3-4-9-19/h1,5,7,10,16,19H,3-4,6,8-9,11-15,17H2,(H,23,26). The van der Waals surface area contributed by atoms with Gasteiger partial charge in [0.05, 0.1) is 19.2 Å². The van der Waals surface area contributed by atoms with Gasteiger partial charge in [0.1, 0.15) is 5.75 Å². The molecule has 1 aromatic carbocycles. The van der Waals surface area contributed by atoms with Crippen molar-refractivity contribution in [1.82, 2.24) is 15.1 Å². The molecule has 0 bridgehead atoms. The van der Waals surface area contributed by atoms with E-state index < -0.39 is 0 Å². The minimum absolute atomic E-state index is 0.0236. The Morgan fingerprint density at radius 1 is 1.14 bits per heavy atom. The summed E-state index contributed by atoms with van der Waals surface area (Å²) in [5, 5.41) is 2.68. The van der Waals surface area contributed by atoms with Crippen LogP contribution in [0.25, 0.3) is 0 Å². The van der Waals surface area contributed by atoms with Gasteiger partial charge in [-0.05, 0) is 50.3 Å². The molecule has 3 rings (SSSR count). The maximum Gasteiger partial charge on any atom is 0.254 e. The maximum absolute atomic E-state index is 13.0. The van der Waals surface area contributed by atoms with Crippen molar-refractivity contribution in [3.63, 3.8) is 0 Å². The maximum atomic E-state index is 13.0. The fraction of sp³-hybridized carbons (Fsp3) is 0.545. The molecule has 0 aromatic heterocycles. The topological polar surface area (TPSA) is 61.9 Å². The molecule has 28 heavy (non-hydrogen) atoms. The van der Waals surface area contributed by atoms with Gasteiger partial charge in [-0.3, -0.25) is 14.5 Å². The number of nitrogens with one attached hydrogen (secondary N) is 1. The Labute approximate surface area is 167 Å². The molecule has 0 atom stereocenters. The lowest BCUT2D eigenvalue weighted by Crippen LogP contribution is -2.40.